The molecule has 0 unspecified atom stereocenters. The third-order valence-electron chi connectivity index (χ3n) is 0.969. The van der Waals surface area contributed by atoms with E-state index in [9.17, 15) is 0 Å². The minimum atomic E-state index is 0. The van der Waals surface area contributed by atoms with E-state index in [4.69, 9.17) is 5.73 Å². The van der Waals surface area contributed by atoms with E-state index in [1.807, 2.05) is 0 Å². The fourth-order valence-corrected chi connectivity index (χ4v) is 0.577. The molecule has 0 saturated carbocycles. The number of nitrogens with one attached hydrogen (secondary N) is 1. The predicted molar refractivity (Wildman–Crippen MR) is 31.3 cm³/mol. The first-order chi connectivity index (χ1) is 3.93. The van der Waals surface area contributed by atoms with Gasteiger partial charge >= 0.3 is 0 Å². The maximum atomic E-state index is 5.27. The zero-order valence-corrected chi connectivity index (χ0v) is 6.44. The van der Waals surface area contributed by atoms with Crippen LogP contribution in [-0.2, 0) is 25.0 Å². The Labute approximate surface area is 65.9 Å². The summed E-state index contributed by atoms with van der Waals surface area (Å²) in [7, 11) is 0. The van der Waals surface area contributed by atoms with E-state index in [-0.39, 0.29) is 18.6 Å². The molecule has 0 spiro atoms. The molecule has 4 heteroatoms. The molecule has 3 N–H and O–H groups in total. The first-order valence-corrected chi connectivity index (χ1v) is 2.61. The van der Waals surface area contributed by atoms with E-state index in [1.165, 1.54) is 0 Å². The molecule has 3 nitrogen and oxygen atoms in total. The first kappa shape index (κ1) is 8.75. The van der Waals surface area contributed by atoms with Crippen molar-refractivity contribution in [2.24, 2.45) is 5.73 Å². The van der Waals surface area contributed by atoms with Crippen molar-refractivity contribution in [3.05, 3.63) is 18.2 Å². The topological polar surface area (TPSA) is 54.7 Å². The van der Waals surface area contributed by atoms with Gasteiger partial charge in [-0.1, -0.05) is 0 Å². The van der Waals surface area contributed by atoms with Gasteiger partial charge in [0.25, 0.3) is 0 Å². The van der Waals surface area contributed by atoms with Gasteiger partial charge in [0.2, 0.25) is 0 Å². The smallest absolute Gasteiger partial charge is 0.0921 e. The fourth-order valence-electron chi connectivity index (χ4n) is 0.577. The van der Waals surface area contributed by atoms with Crippen LogP contribution in [-0.4, -0.2) is 16.5 Å². The number of aromatic nitrogens is 2. The Bertz CT molecular complexity index is 138. The number of H-pyrrole nitrogens is 1. The van der Waals surface area contributed by atoms with Crippen molar-refractivity contribution in [3.8, 4) is 0 Å². The molecule has 0 aromatic carbocycles. The van der Waals surface area contributed by atoms with Gasteiger partial charge in [0.05, 0.1) is 6.33 Å². The van der Waals surface area contributed by atoms with Crippen LogP contribution in [0.5, 0.6) is 0 Å². The molecule has 1 aromatic rings. The number of imidazole rings is 1. The maximum Gasteiger partial charge on any atom is 0.0921 e. The van der Waals surface area contributed by atoms with Crippen molar-refractivity contribution in [3.63, 3.8) is 0 Å². The molecule has 0 amide bonds. The van der Waals surface area contributed by atoms with Gasteiger partial charge in [-0.05, 0) is 6.54 Å². The summed E-state index contributed by atoms with van der Waals surface area (Å²) in [4.78, 5) is 6.78. The Morgan fingerprint density at radius 3 is 2.89 bits per heavy atom. The summed E-state index contributed by atoms with van der Waals surface area (Å²) in [5.74, 6) is 0. The van der Waals surface area contributed by atoms with Crippen LogP contribution in [0.15, 0.2) is 12.5 Å². The molecule has 1 aromatic heterocycles. The van der Waals surface area contributed by atoms with Gasteiger partial charge in [-0.3, -0.25) is 0 Å². The average Bonchev–Trinajstić information content (AvgIpc) is 2.19. The molecule has 0 aliphatic rings. The molecule has 0 aliphatic heterocycles. The predicted octanol–water partition coefficient (Wildman–Crippen LogP) is -0.0916. The summed E-state index contributed by atoms with van der Waals surface area (Å²) < 4.78 is 0. The second-order valence-electron chi connectivity index (χ2n) is 1.62. The number of nitrogens with two attached hydrogens (primary N) is 1. The summed E-state index contributed by atoms with van der Waals surface area (Å²) in [6.07, 6.45) is 4.33. The molecule has 0 bridgehead atoms. The molecule has 49 valence electrons. The molecule has 1 heterocycles. The van der Waals surface area contributed by atoms with Gasteiger partial charge in [0, 0.05) is 36.9 Å². The van der Waals surface area contributed by atoms with Crippen molar-refractivity contribution < 1.29 is 18.6 Å². The van der Waals surface area contributed by atoms with Crippen LogP contribution in [0.4, 0.5) is 0 Å². The molecule has 0 saturated heterocycles. The second kappa shape index (κ2) is 4.62. The van der Waals surface area contributed by atoms with E-state index in [2.05, 4.69) is 9.97 Å². The van der Waals surface area contributed by atoms with E-state index >= 15 is 0 Å². The molecule has 1 radical (unpaired) electrons. The zero-order chi connectivity index (χ0) is 5.82. The number of nitrogens with zero attached hydrogens (tertiary/aromatic N) is 1. The second-order valence-corrected chi connectivity index (χ2v) is 1.62. The van der Waals surface area contributed by atoms with Crippen LogP contribution in [0.25, 0.3) is 0 Å². The van der Waals surface area contributed by atoms with Gasteiger partial charge < -0.3 is 10.7 Å². The molecule has 0 aliphatic carbocycles. The monoisotopic (exact) mass is 162 g/mol. The number of aromatic amines is 1. The van der Waals surface area contributed by atoms with Crippen molar-refractivity contribution >= 4 is 0 Å². The number of hydrogen-bond donors (Lipinski definition) is 2. The van der Waals surface area contributed by atoms with Gasteiger partial charge in [-0.15, -0.1) is 0 Å². The third kappa shape index (κ3) is 2.70. The fraction of sp³-hybridized carbons (Fsp3) is 0.400. The standard InChI is InChI=1S/C5H9N3.V/c6-2-1-5-3-7-4-8-5;/h3-4H,1-2,6H2,(H,7,8);. The Kier molecular flexibility index (Phi) is 4.49. The minimum absolute atomic E-state index is 0. The molecular formula is C5H9N3V. The molecular weight excluding hydrogens is 153 g/mol. The minimum Gasteiger partial charge on any atom is -0.348 e. The largest absolute Gasteiger partial charge is 0.348 e. The van der Waals surface area contributed by atoms with Gasteiger partial charge in [-0.25, -0.2) is 4.98 Å². The van der Waals surface area contributed by atoms with E-state index in [0.29, 0.717) is 6.54 Å². The summed E-state index contributed by atoms with van der Waals surface area (Å²) in [6.45, 7) is 0.683. The summed E-state index contributed by atoms with van der Waals surface area (Å²) in [5.41, 5.74) is 6.38. The molecule has 0 atom stereocenters. The summed E-state index contributed by atoms with van der Waals surface area (Å²) in [6, 6.07) is 0. The zero-order valence-electron chi connectivity index (χ0n) is 5.04. The SMILES string of the molecule is NCCc1cnc[nH]1.[V]. The molecule has 9 heavy (non-hydrogen) atoms. The summed E-state index contributed by atoms with van der Waals surface area (Å²) in [5, 5.41) is 0. The molecule has 1 rings (SSSR count). The van der Waals surface area contributed by atoms with Gasteiger partial charge in [-0.2, -0.15) is 0 Å². The molecule has 0 fully saturated rings. The summed E-state index contributed by atoms with van der Waals surface area (Å²) >= 11 is 0. The quantitative estimate of drug-likeness (QED) is 0.638. The normalized spacial score (nSPS) is 8.56. The number of hydrogen-bond acceptors (Lipinski definition) is 2. The maximum absolute atomic E-state index is 5.27. The van der Waals surface area contributed by atoms with Crippen LogP contribution in [0, 0.1) is 0 Å². The van der Waals surface area contributed by atoms with Crippen LogP contribution in [0.3, 0.4) is 0 Å². The third-order valence-corrected chi connectivity index (χ3v) is 0.969. The van der Waals surface area contributed by atoms with Crippen molar-refractivity contribution in [2.45, 2.75) is 6.42 Å². The van der Waals surface area contributed by atoms with Crippen molar-refractivity contribution in [2.75, 3.05) is 6.54 Å². The Morgan fingerprint density at radius 2 is 2.44 bits per heavy atom. The van der Waals surface area contributed by atoms with Crippen LogP contribution < -0.4 is 5.73 Å². The van der Waals surface area contributed by atoms with Crippen LogP contribution in [0.1, 0.15) is 5.69 Å². The van der Waals surface area contributed by atoms with Crippen LogP contribution in [0.2, 0.25) is 0 Å². The first-order valence-electron chi connectivity index (χ1n) is 2.61. The number of rotatable bonds is 2. The van der Waals surface area contributed by atoms with E-state index in [0.717, 1.165) is 12.1 Å². The van der Waals surface area contributed by atoms with Gasteiger partial charge in [0.15, 0.2) is 0 Å². The van der Waals surface area contributed by atoms with E-state index < -0.39 is 0 Å². The average molecular weight is 162 g/mol. The van der Waals surface area contributed by atoms with Crippen LogP contribution >= 0.6 is 0 Å². The van der Waals surface area contributed by atoms with Crippen molar-refractivity contribution in [1.29, 1.82) is 0 Å². The Hall–Kier alpha value is -0.246. The Balaban J connectivity index is 0.000000640. The van der Waals surface area contributed by atoms with E-state index in [1.54, 1.807) is 12.5 Å². The van der Waals surface area contributed by atoms with Gasteiger partial charge in [0.1, 0.15) is 0 Å². The van der Waals surface area contributed by atoms with Crippen molar-refractivity contribution in [1.82, 2.24) is 9.97 Å². The Morgan fingerprint density at radius 1 is 1.67 bits per heavy atom.